The van der Waals surface area contributed by atoms with E-state index >= 15 is 0 Å². The summed E-state index contributed by atoms with van der Waals surface area (Å²) in [6.07, 6.45) is 2.95. The van der Waals surface area contributed by atoms with Crippen molar-refractivity contribution in [2.24, 2.45) is 0 Å². The van der Waals surface area contributed by atoms with Gasteiger partial charge in [0.25, 0.3) is 0 Å². The van der Waals surface area contributed by atoms with Crippen molar-refractivity contribution >= 4 is 40.0 Å². The third-order valence-electron chi connectivity index (χ3n) is 1.82. The Bertz CT molecular complexity index is 360. The van der Waals surface area contributed by atoms with E-state index in [0.29, 0.717) is 23.4 Å². The summed E-state index contributed by atoms with van der Waals surface area (Å²) in [4.78, 5) is 11.6. The third kappa shape index (κ3) is 3.10. The summed E-state index contributed by atoms with van der Waals surface area (Å²) >= 11 is 8.05. The largest absolute Gasteiger partial charge is 0.294 e. The monoisotopic (exact) mass is 320 g/mol. The second kappa shape index (κ2) is 5.51. The highest BCUT2D eigenvalue weighted by Gasteiger charge is 2.06. The maximum atomic E-state index is 11.6. The van der Waals surface area contributed by atoms with Crippen LogP contribution < -0.4 is 0 Å². The van der Waals surface area contributed by atoms with E-state index in [2.05, 4.69) is 29.2 Å². The Balaban J connectivity index is 2.80. The number of carbonyl (C=O) groups is 1. The molecule has 0 heterocycles. The van der Waals surface area contributed by atoms with Crippen molar-refractivity contribution in [3.05, 3.63) is 45.0 Å². The lowest BCUT2D eigenvalue weighted by atomic mass is 10.1. The zero-order valence-corrected chi connectivity index (χ0v) is 10.5. The van der Waals surface area contributed by atoms with E-state index in [1.54, 1.807) is 18.2 Å². The Labute approximate surface area is 102 Å². The lowest BCUT2D eigenvalue weighted by Crippen LogP contribution is -1.98. The lowest BCUT2D eigenvalue weighted by molar-refractivity contribution is 0.0983. The quantitative estimate of drug-likeness (QED) is 0.464. The average molecular weight is 321 g/mol. The van der Waals surface area contributed by atoms with Gasteiger partial charge in [-0.05, 0) is 41.1 Å². The Hall–Kier alpha value is -0.350. The van der Waals surface area contributed by atoms with Gasteiger partial charge in [-0.2, -0.15) is 0 Å². The van der Waals surface area contributed by atoms with Crippen molar-refractivity contribution in [2.75, 3.05) is 0 Å². The van der Waals surface area contributed by atoms with Crippen molar-refractivity contribution in [3.63, 3.8) is 0 Å². The Morgan fingerprint density at radius 2 is 2.29 bits per heavy atom. The van der Waals surface area contributed by atoms with Gasteiger partial charge in [0.2, 0.25) is 0 Å². The van der Waals surface area contributed by atoms with Gasteiger partial charge in [0.15, 0.2) is 5.78 Å². The van der Waals surface area contributed by atoms with Crippen LogP contribution in [0.4, 0.5) is 0 Å². The number of allylic oxidation sites excluding steroid dienone is 1. The number of Topliss-reactive ketones (excluding diaryl/α,β-unsaturated/α-hetero) is 1. The van der Waals surface area contributed by atoms with E-state index < -0.39 is 0 Å². The molecule has 0 aliphatic carbocycles. The highest BCUT2D eigenvalue weighted by Crippen LogP contribution is 2.20. The van der Waals surface area contributed by atoms with Crippen LogP contribution in [0.25, 0.3) is 0 Å². The predicted octanol–water partition coefficient (Wildman–Crippen LogP) is 4.09. The fourth-order valence-electron chi connectivity index (χ4n) is 1.05. The zero-order valence-electron chi connectivity index (χ0n) is 7.59. The first-order valence-electron chi connectivity index (χ1n) is 4.24. The topological polar surface area (TPSA) is 17.1 Å². The molecule has 0 saturated heterocycles. The minimum Gasteiger partial charge on any atom is -0.294 e. The number of ketones is 1. The van der Waals surface area contributed by atoms with Gasteiger partial charge in [-0.15, -0.1) is 6.58 Å². The van der Waals surface area contributed by atoms with Gasteiger partial charge in [-0.25, -0.2) is 0 Å². The molecule has 1 nitrogen and oxygen atoms in total. The minimum absolute atomic E-state index is 0.114. The van der Waals surface area contributed by atoms with Gasteiger partial charge >= 0.3 is 0 Å². The van der Waals surface area contributed by atoms with Gasteiger partial charge < -0.3 is 0 Å². The van der Waals surface area contributed by atoms with Crippen LogP contribution in [0, 0.1) is 3.57 Å². The standard InChI is InChI=1S/C11H10ClIO/c1-2-3-4-11(14)8-5-6-10(13)9(12)7-8/h2,5-7H,1,3-4H2. The van der Waals surface area contributed by atoms with Gasteiger partial charge in [0, 0.05) is 15.6 Å². The summed E-state index contributed by atoms with van der Waals surface area (Å²) in [6, 6.07) is 5.37. The number of hydrogen-bond donors (Lipinski definition) is 0. The Morgan fingerprint density at radius 1 is 1.57 bits per heavy atom. The number of halogens is 2. The molecule has 0 spiro atoms. The maximum Gasteiger partial charge on any atom is 0.163 e. The van der Waals surface area contributed by atoms with Crippen LogP contribution in [0.1, 0.15) is 23.2 Å². The molecule has 0 bridgehead atoms. The smallest absolute Gasteiger partial charge is 0.163 e. The molecule has 0 aliphatic heterocycles. The van der Waals surface area contributed by atoms with E-state index in [1.807, 2.05) is 6.07 Å². The van der Waals surface area contributed by atoms with Crippen LogP contribution in [0.15, 0.2) is 30.9 Å². The number of hydrogen-bond acceptors (Lipinski definition) is 1. The fraction of sp³-hybridized carbons (Fsp3) is 0.182. The molecule has 1 aromatic carbocycles. The Morgan fingerprint density at radius 3 is 2.86 bits per heavy atom. The first-order chi connectivity index (χ1) is 6.65. The van der Waals surface area contributed by atoms with Gasteiger partial charge in [-0.1, -0.05) is 23.7 Å². The fourth-order valence-corrected chi connectivity index (χ4v) is 1.56. The SMILES string of the molecule is C=CCCC(=O)c1ccc(I)c(Cl)c1. The average Bonchev–Trinajstić information content (AvgIpc) is 2.18. The van der Waals surface area contributed by atoms with Crippen molar-refractivity contribution in [3.8, 4) is 0 Å². The number of benzene rings is 1. The summed E-state index contributed by atoms with van der Waals surface area (Å²) in [7, 11) is 0. The maximum absolute atomic E-state index is 11.6. The number of rotatable bonds is 4. The molecule has 0 fully saturated rings. The van der Waals surface area contributed by atoms with Crippen LogP contribution in [0.5, 0.6) is 0 Å². The molecular formula is C11H10ClIO. The molecular weight excluding hydrogens is 310 g/mol. The normalized spacial score (nSPS) is 9.86. The first-order valence-corrected chi connectivity index (χ1v) is 5.70. The van der Waals surface area contributed by atoms with Crippen LogP contribution >= 0.6 is 34.2 Å². The van der Waals surface area contributed by atoms with Crippen molar-refractivity contribution in [1.29, 1.82) is 0 Å². The molecule has 1 aromatic rings. The highest BCUT2D eigenvalue weighted by atomic mass is 127. The summed E-state index contributed by atoms with van der Waals surface area (Å²) in [5, 5.41) is 0.634. The molecule has 0 radical (unpaired) electrons. The van der Waals surface area contributed by atoms with Crippen molar-refractivity contribution in [1.82, 2.24) is 0 Å². The van der Waals surface area contributed by atoms with Crippen molar-refractivity contribution < 1.29 is 4.79 Å². The summed E-state index contributed by atoms with van der Waals surface area (Å²) in [6.45, 7) is 3.58. The molecule has 0 atom stereocenters. The molecule has 0 saturated carbocycles. The second-order valence-corrected chi connectivity index (χ2v) is 4.45. The van der Waals surface area contributed by atoms with Crippen LogP contribution in [0.3, 0.4) is 0 Å². The highest BCUT2D eigenvalue weighted by molar-refractivity contribution is 14.1. The van der Waals surface area contributed by atoms with E-state index in [0.717, 1.165) is 3.57 Å². The summed E-state index contributed by atoms with van der Waals surface area (Å²) < 4.78 is 0.963. The third-order valence-corrected chi connectivity index (χ3v) is 3.39. The van der Waals surface area contributed by atoms with Gasteiger partial charge in [0.1, 0.15) is 0 Å². The van der Waals surface area contributed by atoms with Crippen LogP contribution in [-0.4, -0.2) is 5.78 Å². The summed E-state index contributed by atoms with van der Waals surface area (Å²) in [5.41, 5.74) is 0.678. The Kier molecular flexibility index (Phi) is 4.62. The van der Waals surface area contributed by atoms with Crippen molar-refractivity contribution in [2.45, 2.75) is 12.8 Å². The molecule has 0 N–H and O–H groups in total. The molecule has 0 unspecified atom stereocenters. The predicted molar refractivity (Wildman–Crippen MR) is 67.9 cm³/mol. The molecule has 0 aliphatic rings. The second-order valence-electron chi connectivity index (χ2n) is 2.88. The molecule has 14 heavy (non-hydrogen) atoms. The summed E-state index contributed by atoms with van der Waals surface area (Å²) in [5.74, 6) is 0.114. The van der Waals surface area contributed by atoms with E-state index in [-0.39, 0.29) is 5.78 Å². The zero-order chi connectivity index (χ0) is 10.6. The van der Waals surface area contributed by atoms with E-state index in [1.165, 1.54) is 0 Å². The molecule has 0 amide bonds. The molecule has 0 aromatic heterocycles. The van der Waals surface area contributed by atoms with Crippen LogP contribution in [0.2, 0.25) is 5.02 Å². The lowest BCUT2D eigenvalue weighted by Gasteiger charge is -2.01. The molecule has 1 rings (SSSR count). The minimum atomic E-state index is 0.114. The van der Waals surface area contributed by atoms with E-state index in [4.69, 9.17) is 11.6 Å². The molecule has 3 heteroatoms. The number of carbonyl (C=O) groups excluding carboxylic acids is 1. The first kappa shape index (κ1) is 11.7. The van der Waals surface area contributed by atoms with Gasteiger partial charge in [0.05, 0.1) is 5.02 Å². The molecule has 74 valence electrons. The van der Waals surface area contributed by atoms with E-state index in [9.17, 15) is 4.79 Å². The van der Waals surface area contributed by atoms with Gasteiger partial charge in [-0.3, -0.25) is 4.79 Å². The van der Waals surface area contributed by atoms with Crippen LogP contribution in [-0.2, 0) is 0 Å².